The quantitative estimate of drug-likeness (QED) is 0.528. The molecule has 0 aliphatic carbocycles. The van der Waals surface area contributed by atoms with Crippen LogP contribution in [0.4, 0.5) is 0 Å². The molecular formula is C25H21NO4. The molecule has 2 atom stereocenters. The van der Waals surface area contributed by atoms with Gasteiger partial charge in [0.25, 0.3) is 0 Å². The van der Waals surface area contributed by atoms with Crippen molar-refractivity contribution in [2.24, 2.45) is 0 Å². The summed E-state index contributed by atoms with van der Waals surface area (Å²) in [6.45, 7) is 0.704. The maximum atomic E-state index is 10.7. The number of ether oxygens (including phenoxy) is 3. The van der Waals surface area contributed by atoms with E-state index in [0.717, 1.165) is 5.56 Å². The molecule has 0 unspecified atom stereocenters. The highest BCUT2D eigenvalue weighted by Gasteiger charge is 2.31. The minimum absolute atomic E-state index is 0.247. The standard InChI is InChI=1S/C25H21NO4/c27-25-22-10-9-20(28-15-17-7-8-18-4-1-2-5-19(18)12-17)13-23(22)29-16-24(25)30-21-6-3-11-26-14-21/h1-14,24-25,27H,15-16H2/t24-,25+/m0/s1. The largest absolute Gasteiger partial charge is 0.489 e. The number of pyridine rings is 1. The molecule has 0 saturated carbocycles. The average molecular weight is 399 g/mol. The average Bonchev–Trinajstić information content (AvgIpc) is 2.80. The summed E-state index contributed by atoms with van der Waals surface area (Å²) in [7, 11) is 0. The van der Waals surface area contributed by atoms with E-state index in [1.165, 1.54) is 10.8 Å². The molecular weight excluding hydrogens is 378 g/mol. The summed E-state index contributed by atoms with van der Waals surface area (Å²) in [5.41, 5.74) is 1.78. The van der Waals surface area contributed by atoms with Crippen LogP contribution in [0.15, 0.2) is 85.2 Å². The van der Waals surface area contributed by atoms with Gasteiger partial charge in [-0.2, -0.15) is 0 Å². The predicted octanol–water partition coefficient (Wildman–Crippen LogP) is 4.69. The van der Waals surface area contributed by atoms with E-state index >= 15 is 0 Å². The zero-order chi connectivity index (χ0) is 20.3. The van der Waals surface area contributed by atoms with Crippen LogP contribution >= 0.6 is 0 Å². The molecule has 0 saturated heterocycles. The second-order valence-electron chi connectivity index (χ2n) is 7.27. The topological polar surface area (TPSA) is 60.8 Å². The Hall–Kier alpha value is -3.57. The molecule has 1 aliphatic rings. The van der Waals surface area contributed by atoms with Crippen LogP contribution in [0.3, 0.4) is 0 Å². The number of aliphatic hydroxyl groups is 1. The number of benzene rings is 3. The van der Waals surface area contributed by atoms with Crippen LogP contribution in [-0.2, 0) is 6.61 Å². The van der Waals surface area contributed by atoms with Crippen LogP contribution in [0.2, 0.25) is 0 Å². The lowest BCUT2D eigenvalue weighted by atomic mass is 10.0. The van der Waals surface area contributed by atoms with Gasteiger partial charge in [0.05, 0.1) is 6.20 Å². The molecule has 1 aromatic heterocycles. The lowest BCUT2D eigenvalue weighted by molar-refractivity contribution is -0.0105. The lowest BCUT2D eigenvalue weighted by Gasteiger charge is -2.30. The molecule has 2 heterocycles. The first-order valence-corrected chi connectivity index (χ1v) is 9.88. The Kier molecular flexibility index (Phi) is 4.95. The normalized spacial score (nSPS) is 17.8. The maximum Gasteiger partial charge on any atom is 0.163 e. The summed E-state index contributed by atoms with van der Waals surface area (Å²) >= 11 is 0. The number of aliphatic hydroxyl groups excluding tert-OH is 1. The minimum atomic E-state index is -0.788. The second-order valence-corrected chi connectivity index (χ2v) is 7.27. The summed E-state index contributed by atoms with van der Waals surface area (Å²) in [5, 5.41) is 13.1. The number of nitrogens with zero attached hydrogens (tertiary/aromatic N) is 1. The van der Waals surface area contributed by atoms with E-state index in [0.29, 0.717) is 29.4 Å². The van der Waals surface area contributed by atoms with Gasteiger partial charge in [0.15, 0.2) is 6.10 Å². The van der Waals surface area contributed by atoms with Gasteiger partial charge < -0.3 is 19.3 Å². The molecule has 0 radical (unpaired) electrons. The molecule has 3 aromatic carbocycles. The molecule has 0 fully saturated rings. The van der Waals surface area contributed by atoms with Crippen molar-refractivity contribution in [2.75, 3.05) is 6.61 Å². The zero-order valence-electron chi connectivity index (χ0n) is 16.3. The summed E-state index contributed by atoms with van der Waals surface area (Å²) in [6.07, 6.45) is 2.01. The van der Waals surface area contributed by atoms with Crippen LogP contribution in [0.5, 0.6) is 17.2 Å². The van der Waals surface area contributed by atoms with Crippen molar-refractivity contribution in [3.63, 3.8) is 0 Å². The van der Waals surface area contributed by atoms with Crippen LogP contribution in [0.25, 0.3) is 10.8 Å². The van der Waals surface area contributed by atoms with E-state index in [4.69, 9.17) is 14.2 Å². The molecule has 4 aromatic rings. The molecule has 1 N–H and O–H groups in total. The van der Waals surface area contributed by atoms with Gasteiger partial charge in [-0.25, -0.2) is 0 Å². The Bertz CT molecular complexity index is 1160. The fourth-order valence-electron chi connectivity index (χ4n) is 3.62. The van der Waals surface area contributed by atoms with Crippen molar-refractivity contribution in [3.05, 3.63) is 96.3 Å². The summed E-state index contributed by atoms with van der Waals surface area (Å²) in [5.74, 6) is 1.91. The van der Waals surface area contributed by atoms with Gasteiger partial charge in [0, 0.05) is 17.8 Å². The maximum absolute atomic E-state index is 10.7. The number of fused-ring (bicyclic) bond motifs is 2. The van der Waals surface area contributed by atoms with Gasteiger partial charge in [-0.1, -0.05) is 36.4 Å². The molecule has 0 bridgehead atoms. The van der Waals surface area contributed by atoms with Crippen LogP contribution < -0.4 is 14.2 Å². The van der Waals surface area contributed by atoms with E-state index in [9.17, 15) is 5.11 Å². The van der Waals surface area contributed by atoms with Crippen molar-refractivity contribution in [2.45, 2.75) is 18.8 Å². The van der Waals surface area contributed by atoms with E-state index in [1.54, 1.807) is 24.5 Å². The van der Waals surface area contributed by atoms with E-state index in [2.05, 4.69) is 35.3 Å². The van der Waals surface area contributed by atoms with Crippen molar-refractivity contribution in [1.82, 2.24) is 4.98 Å². The van der Waals surface area contributed by atoms with E-state index in [-0.39, 0.29) is 6.61 Å². The highest BCUT2D eigenvalue weighted by Crippen LogP contribution is 2.36. The van der Waals surface area contributed by atoms with Crippen LogP contribution in [0.1, 0.15) is 17.2 Å². The Morgan fingerprint density at radius 3 is 2.70 bits per heavy atom. The van der Waals surface area contributed by atoms with E-state index < -0.39 is 12.2 Å². The van der Waals surface area contributed by atoms with Gasteiger partial charge in [-0.15, -0.1) is 0 Å². The Balaban J connectivity index is 1.27. The smallest absolute Gasteiger partial charge is 0.163 e. The predicted molar refractivity (Wildman–Crippen MR) is 114 cm³/mol. The monoisotopic (exact) mass is 399 g/mol. The summed E-state index contributed by atoms with van der Waals surface area (Å²) in [4.78, 5) is 4.03. The number of rotatable bonds is 5. The first-order chi connectivity index (χ1) is 14.8. The highest BCUT2D eigenvalue weighted by molar-refractivity contribution is 5.82. The molecule has 5 heteroatoms. The Morgan fingerprint density at radius 1 is 0.933 bits per heavy atom. The molecule has 5 rings (SSSR count). The van der Waals surface area contributed by atoms with Crippen molar-refractivity contribution >= 4 is 10.8 Å². The zero-order valence-corrected chi connectivity index (χ0v) is 16.3. The second kappa shape index (κ2) is 8.05. The molecule has 0 spiro atoms. The number of hydrogen-bond acceptors (Lipinski definition) is 5. The van der Waals surface area contributed by atoms with Gasteiger partial charge in [0.2, 0.25) is 0 Å². The van der Waals surface area contributed by atoms with Crippen molar-refractivity contribution in [3.8, 4) is 17.2 Å². The van der Waals surface area contributed by atoms with Gasteiger partial charge in [-0.3, -0.25) is 4.98 Å². The van der Waals surface area contributed by atoms with E-state index in [1.807, 2.05) is 30.3 Å². The summed E-state index contributed by atoms with van der Waals surface area (Å²) in [6, 6.07) is 23.6. The molecule has 1 aliphatic heterocycles. The van der Waals surface area contributed by atoms with Crippen molar-refractivity contribution in [1.29, 1.82) is 0 Å². The first-order valence-electron chi connectivity index (χ1n) is 9.88. The first kappa shape index (κ1) is 18.5. The van der Waals surface area contributed by atoms with Gasteiger partial charge in [-0.05, 0) is 46.7 Å². The molecule has 0 amide bonds. The molecule has 30 heavy (non-hydrogen) atoms. The van der Waals surface area contributed by atoms with Crippen molar-refractivity contribution < 1.29 is 19.3 Å². The third-order valence-electron chi connectivity index (χ3n) is 5.20. The SMILES string of the molecule is O[C@@H]1c2ccc(OCc3ccc4ccccc4c3)cc2OC[C@@H]1Oc1cccnc1. The fraction of sp³-hybridized carbons (Fsp3) is 0.160. The third-order valence-corrected chi connectivity index (χ3v) is 5.20. The summed E-state index contributed by atoms with van der Waals surface area (Å²) < 4.78 is 17.6. The Labute approximate surface area is 174 Å². The van der Waals surface area contributed by atoms with Gasteiger partial charge in [0.1, 0.15) is 36.6 Å². The number of aromatic nitrogens is 1. The number of hydrogen-bond donors (Lipinski definition) is 1. The molecule has 5 nitrogen and oxygen atoms in total. The fourth-order valence-corrected chi connectivity index (χ4v) is 3.62. The van der Waals surface area contributed by atoms with Gasteiger partial charge >= 0.3 is 0 Å². The highest BCUT2D eigenvalue weighted by atomic mass is 16.5. The third kappa shape index (κ3) is 3.80. The Morgan fingerprint density at radius 2 is 1.83 bits per heavy atom. The minimum Gasteiger partial charge on any atom is -0.489 e. The lowest BCUT2D eigenvalue weighted by Crippen LogP contribution is -2.35. The van der Waals surface area contributed by atoms with Crippen LogP contribution in [0, 0.1) is 0 Å². The van der Waals surface area contributed by atoms with Crippen LogP contribution in [-0.4, -0.2) is 22.8 Å². The molecule has 150 valence electrons.